The highest BCUT2D eigenvalue weighted by molar-refractivity contribution is 5.92. The number of nitrogens with zero attached hydrogens (tertiary/aromatic N) is 4. The second-order valence-corrected chi connectivity index (χ2v) is 12.6. The van der Waals surface area contributed by atoms with Gasteiger partial charge in [-0.1, -0.05) is 45.4 Å². The van der Waals surface area contributed by atoms with E-state index in [0.29, 0.717) is 26.2 Å². The number of unbranched alkanes of at least 4 members (excludes halogenated alkanes) is 1. The van der Waals surface area contributed by atoms with Gasteiger partial charge in [0.2, 0.25) is 0 Å². The Hall–Kier alpha value is -3.55. The van der Waals surface area contributed by atoms with Crippen LogP contribution in [0.2, 0.25) is 0 Å². The van der Waals surface area contributed by atoms with E-state index >= 15 is 0 Å². The molecule has 2 aliphatic rings. The number of aromatic nitrogens is 2. The maximum Gasteiger partial charge on any atom is 0.321 e. The molecule has 2 heterocycles. The zero-order valence-electron chi connectivity index (χ0n) is 26.5. The molecule has 232 valence electrons. The average molecular weight is 588 g/mol. The first-order valence-corrected chi connectivity index (χ1v) is 16.3. The molecule has 0 radical (unpaired) electrons. The normalized spacial score (nSPS) is 19.4. The number of aryl methyl sites for hydroxylation is 1. The summed E-state index contributed by atoms with van der Waals surface area (Å²) in [5, 5.41) is 4.03. The Labute approximate surface area is 257 Å². The van der Waals surface area contributed by atoms with E-state index in [1.54, 1.807) is 6.33 Å². The lowest BCUT2D eigenvalue weighted by Crippen LogP contribution is -2.50. The van der Waals surface area contributed by atoms with Crippen LogP contribution in [-0.4, -0.2) is 59.8 Å². The minimum atomic E-state index is -0.0916. The van der Waals surface area contributed by atoms with Crippen molar-refractivity contribution < 1.29 is 14.3 Å². The van der Waals surface area contributed by atoms with Gasteiger partial charge in [-0.2, -0.15) is 0 Å². The van der Waals surface area contributed by atoms with E-state index in [9.17, 15) is 4.79 Å². The summed E-state index contributed by atoms with van der Waals surface area (Å²) in [6.45, 7) is 11.9. The molecule has 1 saturated carbocycles. The lowest BCUT2D eigenvalue weighted by atomic mass is 9.85. The molecule has 1 aromatic heterocycles. The molecule has 2 atom stereocenters. The van der Waals surface area contributed by atoms with Crippen LogP contribution in [0.5, 0.6) is 11.5 Å². The standard InChI is InChI=1S/C35H49N5O3/c1-25(2)43-30-15-13-29(14-16-30)38-35(41)40-19-17-39(18-20-40)34-31-22-27(4)33(23-32(31)36-24-37-34)42-21-9-8-12-28-11-7-5-6-10-26(28)3/h13-16,22-26,28H,5-12,17-21H2,1-4H3,(H,38,41). The van der Waals surface area contributed by atoms with Crippen LogP contribution in [0, 0.1) is 18.8 Å². The second-order valence-electron chi connectivity index (χ2n) is 12.6. The van der Waals surface area contributed by atoms with Crippen molar-refractivity contribution in [2.45, 2.75) is 85.2 Å². The molecule has 1 aliphatic heterocycles. The number of nitrogens with one attached hydrogen (secondary N) is 1. The third kappa shape index (κ3) is 8.30. The monoisotopic (exact) mass is 587 g/mol. The predicted molar refractivity (Wildman–Crippen MR) is 174 cm³/mol. The van der Waals surface area contributed by atoms with Crippen molar-refractivity contribution in [1.29, 1.82) is 0 Å². The molecule has 2 amide bonds. The summed E-state index contributed by atoms with van der Waals surface area (Å²) in [6, 6.07) is 11.6. The van der Waals surface area contributed by atoms with Gasteiger partial charge in [0.05, 0.1) is 18.2 Å². The summed E-state index contributed by atoms with van der Waals surface area (Å²) in [4.78, 5) is 26.3. The predicted octanol–water partition coefficient (Wildman–Crippen LogP) is 7.85. The van der Waals surface area contributed by atoms with Crippen molar-refractivity contribution in [1.82, 2.24) is 14.9 Å². The molecule has 1 N–H and O–H groups in total. The minimum Gasteiger partial charge on any atom is -0.493 e. The van der Waals surface area contributed by atoms with Crippen LogP contribution in [0.3, 0.4) is 0 Å². The van der Waals surface area contributed by atoms with Crippen molar-refractivity contribution in [3.8, 4) is 11.5 Å². The van der Waals surface area contributed by atoms with Crippen LogP contribution in [0.4, 0.5) is 16.3 Å². The van der Waals surface area contributed by atoms with Gasteiger partial charge in [-0.15, -0.1) is 0 Å². The Balaban J connectivity index is 1.12. The van der Waals surface area contributed by atoms with Crippen molar-refractivity contribution in [3.05, 3.63) is 48.3 Å². The number of carbonyl (C=O) groups excluding carboxylic acids is 1. The molecule has 0 spiro atoms. The lowest BCUT2D eigenvalue weighted by Gasteiger charge is -2.35. The van der Waals surface area contributed by atoms with E-state index in [0.717, 1.165) is 64.3 Å². The van der Waals surface area contributed by atoms with Gasteiger partial charge in [-0.25, -0.2) is 14.8 Å². The molecule has 8 nitrogen and oxygen atoms in total. The first-order valence-electron chi connectivity index (χ1n) is 16.3. The zero-order chi connectivity index (χ0) is 30.2. The van der Waals surface area contributed by atoms with Crippen LogP contribution < -0.4 is 19.7 Å². The van der Waals surface area contributed by atoms with Crippen molar-refractivity contribution in [2.24, 2.45) is 11.8 Å². The summed E-state index contributed by atoms with van der Waals surface area (Å²) in [5.41, 5.74) is 2.75. The van der Waals surface area contributed by atoms with E-state index < -0.39 is 0 Å². The van der Waals surface area contributed by atoms with Crippen molar-refractivity contribution in [3.63, 3.8) is 0 Å². The topological polar surface area (TPSA) is 79.8 Å². The molecule has 2 unspecified atom stereocenters. The third-order valence-electron chi connectivity index (χ3n) is 9.02. The van der Waals surface area contributed by atoms with E-state index in [1.165, 1.54) is 44.9 Å². The number of ether oxygens (including phenoxy) is 2. The summed E-state index contributed by atoms with van der Waals surface area (Å²) >= 11 is 0. The highest BCUT2D eigenvalue weighted by Crippen LogP contribution is 2.33. The highest BCUT2D eigenvalue weighted by Gasteiger charge is 2.24. The number of rotatable bonds is 10. The summed E-state index contributed by atoms with van der Waals surface area (Å²) in [5.74, 6) is 4.37. The van der Waals surface area contributed by atoms with Crippen LogP contribution >= 0.6 is 0 Å². The number of benzene rings is 2. The molecule has 43 heavy (non-hydrogen) atoms. The number of piperazine rings is 1. The SMILES string of the molecule is Cc1cc2c(N3CCN(C(=O)Nc4ccc(OC(C)C)cc4)CC3)ncnc2cc1OCCCCC1CCCCCC1C. The fourth-order valence-corrected chi connectivity index (χ4v) is 6.49. The van der Waals surface area contributed by atoms with Gasteiger partial charge < -0.3 is 24.6 Å². The Bertz CT molecular complexity index is 1340. The maximum atomic E-state index is 12.9. The summed E-state index contributed by atoms with van der Waals surface area (Å²) < 4.78 is 11.9. The van der Waals surface area contributed by atoms with Gasteiger partial charge in [0.15, 0.2) is 0 Å². The number of hydrogen-bond donors (Lipinski definition) is 1. The smallest absolute Gasteiger partial charge is 0.321 e. The maximum absolute atomic E-state index is 12.9. The van der Waals surface area contributed by atoms with Gasteiger partial charge in [-0.3, -0.25) is 0 Å². The quantitative estimate of drug-likeness (QED) is 0.192. The molecule has 2 fully saturated rings. The molecule has 1 aliphatic carbocycles. The first-order chi connectivity index (χ1) is 20.9. The molecule has 8 heteroatoms. The zero-order valence-corrected chi connectivity index (χ0v) is 26.5. The Morgan fingerprint density at radius 3 is 2.53 bits per heavy atom. The van der Waals surface area contributed by atoms with Gasteiger partial charge in [0.25, 0.3) is 0 Å². The summed E-state index contributed by atoms with van der Waals surface area (Å²) in [7, 11) is 0. The Morgan fingerprint density at radius 1 is 1.00 bits per heavy atom. The molecule has 1 saturated heterocycles. The number of amides is 2. The molecular formula is C35H49N5O3. The van der Waals surface area contributed by atoms with E-state index in [-0.39, 0.29) is 12.1 Å². The number of anilines is 2. The Morgan fingerprint density at radius 2 is 1.77 bits per heavy atom. The van der Waals surface area contributed by atoms with Gasteiger partial charge in [-0.05, 0) is 81.3 Å². The Kier molecular flexibility index (Phi) is 10.6. The third-order valence-corrected chi connectivity index (χ3v) is 9.02. The molecule has 5 rings (SSSR count). The van der Waals surface area contributed by atoms with Crippen LogP contribution in [0.1, 0.15) is 77.7 Å². The molecule has 0 bridgehead atoms. The average Bonchev–Trinajstić information content (AvgIpc) is 3.21. The number of carbonyl (C=O) groups is 1. The van der Waals surface area contributed by atoms with Crippen LogP contribution in [0.15, 0.2) is 42.7 Å². The fourth-order valence-electron chi connectivity index (χ4n) is 6.49. The van der Waals surface area contributed by atoms with E-state index in [4.69, 9.17) is 9.47 Å². The number of urea groups is 1. The number of fused-ring (bicyclic) bond motifs is 1. The van der Waals surface area contributed by atoms with E-state index in [2.05, 4.69) is 46.2 Å². The van der Waals surface area contributed by atoms with Crippen molar-refractivity contribution in [2.75, 3.05) is 43.0 Å². The molecular weight excluding hydrogens is 538 g/mol. The van der Waals surface area contributed by atoms with Gasteiger partial charge in [0, 0.05) is 43.3 Å². The summed E-state index contributed by atoms with van der Waals surface area (Å²) in [6.07, 6.45) is 12.4. The van der Waals surface area contributed by atoms with Gasteiger partial charge in [0.1, 0.15) is 23.6 Å². The highest BCUT2D eigenvalue weighted by atomic mass is 16.5. The van der Waals surface area contributed by atoms with Crippen LogP contribution in [-0.2, 0) is 0 Å². The molecule has 2 aromatic carbocycles. The minimum absolute atomic E-state index is 0.0916. The largest absolute Gasteiger partial charge is 0.493 e. The van der Waals surface area contributed by atoms with Gasteiger partial charge >= 0.3 is 6.03 Å². The fraction of sp³-hybridized carbons (Fsp3) is 0.571. The second kappa shape index (κ2) is 14.8. The van der Waals surface area contributed by atoms with Crippen molar-refractivity contribution >= 4 is 28.4 Å². The lowest BCUT2D eigenvalue weighted by molar-refractivity contribution is 0.208. The molecule has 3 aromatic rings. The van der Waals surface area contributed by atoms with Crippen LogP contribution in [0.25, 0.3) is 10.9 Å². The number of hydrogen-bond acceptors (Lipinski definition) is 6. The van der Waals surface area contributed by atoms with E-state index in [1.807, 2.05) is 43.0 Å². The first kappa shape index (κ1) is 30.9.